The number of benzene rings is 6. The first-order valence-corrected chi connectivity index (χ1v) is 21.9. The van der Waals surface area contributed by atoms with E-state index in [-0.39, 0.29) is 37.6 Å². The van der Waals surface area contributed by atoms with Crippen molar-refractivity contribution in [3.05, 3.63) is 199 Å². The Morgan fingerprint density at radius 2 is 1.06 bits per heavy atom. The molecule has 10 rings (SSSR count). The molecule has 0 aliphatic carbocycles. The molecule has 0 spiro atoms. The van der Waals surface area contributed by atoms with Gasteiger partial charge >= 0.3 is 0 Å². The van der Waals surface area contributed by atoms with E-state index in [1.807, 2.05) is 48.8 Å². The van der Waals surface area contributed by atoms with E-state index in [1.54, 1.807) is 6.07 Å². The van der Waals surface area contributed by atoms with E-state index in [9.17, 15) is 5.11 Å². The normalized spacial score (nSPS) is 11.8. The molecule has 322 valence electrons. The van der Waals surface area contributed by atoms with Gasteiger partial charge in [0.15, 0.2) is 0 Å². The van der Waals surface area contributed by atoms with Crippen LogP contribution in [0.4, 0.5) is 0 Å². The van der Waals surface area contributed by atoms with E-state index in [2.05, 4.69) is 185 Å². The summed E-state index contributed by atoms with van der Waals surface area (Å²) in [4.78, 5) is 14.7. The fraction of sp³-hybridized carbons (Fsp3) is 0.136. The number of aromatic nitrogens is 4. The molecule has 1 N–H and O–H groups in total. The molecule has 0 aliphatic heterocycles. The number of hydrogen-bond donors (Lipinski definition) is 1. The van der Waals surface area contributed by atoms with Crippen LogP contribution in [0.2, 0.25) is 0 Å². The summed E-state index contributed by atoms with van der Waals surface area (Å²) in [5.74, 6) is 0.186. The van der Waals surface area contributed by atoms with Crippen LogP contribution in [-0.4, -0.2) is 24.6 Å². The first-order valence-electron chi connectivity index (χ1n) is 21.9. The molecule has 0 amide bonds. The first kappa shape index (κ1) is 43.3. The number of para-hydroxylation sites is 3. The molecule has 4 aromatic heterocycles. The van der Waals surface area contributed by atoms with Gasteiger partial charge in [0, 0.05) is 78.0 Å². The van der Waals surface area contributed by atoms with Crippen LogP contribution in [0.1, 0.15) is 52.7 Å². The second-order valence-corrected chi connectivity index (χ2v) is 18.7. The van der Waals surface area contributed by atoms with Crippen molar-refractivity contribution in [2.24, 2.45) is 0 Å². The Hall–Kier alpha value is -6.94. The molecule has 6 aromatic carbocycles. The summed E-state index contributed by atoms with van der Waals surface area (Å²) in [7, 11) is 0. The minimum absolute atomic E-state index is 0. The third-order valence-corrected chi connectivity index (χ3v) is 12.2. The van der Waals surface area contributed by atoms with Crippen molar-refractivity contribution in [2.75, 3.05) is 0 Å². The summed E-state index contributed by atoms with van der Waals surface area (Å²) in [5.41, 5.74) is 16.7. The molecule has 0 unspecified atom stereocenters. The number of rotatable bonds is 7. The summed E-state index contributed by atoms with van der Waals surface area (Å²) in [6, 6.07) is 62.6. The summed E-state index contributed by atoms with van der Waals surface area (Å²) in [6.45, 7) is 13.6. The molecule has 0 saturated carbocycles. The van der Waals surface area contributed by atoms with Gasteiger partial charge in [0.05, 0.1) is 22.4 Å². The van der Waals surface area contributed by atoms with Crippen LogP contribution >= 0.6 is 0 Å². The maximum absolute atomic E-state index is 11.1. The van der Waals surface area contributed by atoms with E-state index in [4.69, 9.17) is 9.97 Å². The minimum Gasteiger partial charge on any atom is -0.507 e. The Labute approximate surface area is 395 Å². The summed E-state index contributed by atoms with van der Waals surface area (Å²) in [6.07, 6.45) is 3.72. The Morgan fingerprint density at radius 3 is 1.78 bits per heavy atom. The van der Waals surface area contributed by atoms with Gasteiger partial charge in [0.1, 0.15) is 5.75 Å². The minimum atomic E-state index is -0.0514. The largest absolute Gasteiger partial charge is 0.507 e. The number of phenols is 1. The fourth-order valence-corrected chi connectivity index (χ4v) is 8.67. The van der Waals surface area contributed by atoms with Crippen molar-refractivity contribution < 1.29 is 26.2 Å². The first-order chi connectivity index (χ1) is 30.9. The van der Waals surface area contributed by atoms with Gasteiger partial charge in [-0.15, -0.1) is 24.3 Å². The molecule has 6 heteroatoms. The number of phenolic OH excluding ortho intramolecular Hbond substituents is 1. The average molecular weight is 1030 g/mol. The second-order valence-electron chi connectivity index (χ2n) is 18.7. The van der Waals surface area contributed by atoms with Crippen LogP contribution in [0.5, 0.6) is 5.75 Å². The van der Waals surface area contributed by atoms with Gasteiger partial charge in [0.25, 0.3) is 0 Å². The third-order valence-electron chi connectivity index (χ3n) is 12.2. The molecule has 4 heterocycles. The monoisotopic (exact) mass is 1020 g/mol. The molecule has 65 heavy (non-hydrogen) atoms. The van der Waals surface area contributed by atoms with Crippen LogP contribution in [0.3, 0.4) is 0 Å². The number of nitrogens with zero attached hydrogens (tertiary/aromatic N) is 4. The van der Waals surface area contributed by atoms with E-state index in [1.165, 1.54) is 21.9 Å². The topological polar surface area (TPSA) is 63.8 Å². The standard InChI is InChI=1S/C59H49N4O.Pt/c1-58(2,3)44-32-42(33-45(37-44)59(4,5)6)43-35-53(62-54(36-43)50-18-8-10-23-56(50)64)41-16-13-15-40(31-41)52-34-39(28-30-61-52)47-19-14-20-49-48-17-7-9-22-55(48)63(57(47)49)46-26-24-38(25-27-46)51-21-11-12-29-60-51;/h7-30,32-37,64H,1-6H3;/q-1;. The Morgan fingerprint density at radius 1 is 0.462 bits per heavy atom. The van der Waals surface area contributed by atoms with Gasteiger partial charge in [0.2, 0.25) is 0 Å². The van der Waals surface area contributed by atoms with E-state index < -0.39 is 0 Å². The Balaban J connectivity index is 0.00000533. The van der Waals surface area contributed by atoms with Crippen molar-refractivity contribution >= 4 is 21.8 Å². The number of aromatic hydroxyl groups is 1. The zero-order valence-electron chi connectivity index (χ0n) is 37.4. The molecular formula is C59H49N4OPt-. The van der Waals surface area contributed by atoms with Gasteiger partial charge in [-0.2, -0.15) is 0 Å². The number of fused-ring (bicyclic) bond motifs is 3. The third kappa shape index (κ3) is 8.45. The Kier molecular flexibility index (Phi) is 11.5. The number of pyridine rings is 3. The van der Waals surface area contributed by atoms with Crippen molar-refractivity contribution in [3.63, 3.8) is 0 Å². The molecule has 10 aromatic rings. The van der Waals surface area contributed by atoms with Crippen LogP contribution in [-0.2, 0) is 31.9 Å². The van der Waals surface area contributed by atoms with Crippen molar-refractivity contribution in [3.8, 4) is 78.7 Å². The van der Waals surface area contributed by atoms with Gasteiger partial charge in [-0.1, -0.05) is 150 Å². The second kappa shape index (κ2) is 17.2. The SMILES string of the molecule is CC(C)(C)c1cc(-c2cc(-c3[c-]c(-c4cc(-c5cccc6c7ccccc7n(-c7ccc(-c8ccccn8)cc7)c56)ccn4)ccc3)nc(-c3ccccc3O)c2)cc(C(C)(C)C)c1.[Pt]. The number of hydrogen-bond acceptors (Lipinski definition) is 4. The molecule has 0 bridgehead atoms. The Bertz CT molecular complexity index is 3330. The molecule has 0 radical (unpaired) electrons. The van der Waals surface area contributed by atoms with Crippen molar-refractivity contribution in [1.29, 1.82) is 0 Å². The summed E-state index contributed by atoms with van der Waals surface area (Å²) in [5, 5.41) is 13.5. The van der Waals surface area contributed by atoms with E-state index in [0.717, 1.165) is 72.7 Å². The summed E-state index contributed by atoms with van der Waals surface area (Å²) >= 11 is 0. The molecule has 0 fully saturated rings. The van der Waals surface area contributed by atoms with Gasteiger partial charge < -0.3 is 9.67 Å². The summed E-state index contributed by atoms with van der Waals surface area (Å²) < 4.78 is 2.37. The smallest absolute Gasteiger partial charge is 0.124 e. The molecule has 0 atom stereocenters. The molecular weight excluding hydrogens is 976 g/mol. The maximum atomic E-state index is 11.1. The zero-order chi connectivity index (χ0) is 44.2. The van der Waals surface area contributed by atoms with Crippen molar-refractivity contribution in [2.45, 2.75) is 52.4 Å². The van der Waals surface area contributed by atoms with Gasteiger partial charge in [-0.3, -0.25) is 15.0 Å². The van der Waals surface area contributed by atoms with Crippen molar-refractivity contribution in [1.82, 2.24) is 19.5 Å². The fourth-order valence-electron chi connectivity index (χ4n) is 8.67. The van der Waals surface area contributed by atoms with Gasteiger partial charge in [-0.25, -0.2) is 0 Å². The predicted octanol–water partition coefficient (Wildman–Crippen LogP) is 15.1. The maximum Gasteiger partial charge on any atom is 0.124 e. The molecule has 5 nitrogen and oxygen atoms in total. The average Bonchev–Trinajstić information content (AvgIpc) is 3.66. The van der Waals surface area contributed by atoms with Gasteiger partial charge in [-0.05, 0) is 93.2 Å². The van der Waals surface area contributed by atoms with Crippen LogP contribution in [0.25, 0.3) is 94.8 Å². The van der Waals surface area contributed by atoms with Crippen LogP contribution in [0.15, 0.2) is 182 Å². The quantitative estimate of drug-likeness (QED) is 0.162. The molecule has 0 aliphatic rings. The van der Waals surface area contributed by atoms with E-state index >= 15 is 0 Å². The van der Waals surface area contributed by atoms with Crippen LogP contribution in [0, 0.1) is 6.07 Å². The predicted molar refractivity (Wildman–Crippen MR) is 265 cm³/mol. The molecule has 0 saturated heterocycles. The van der Waals surface area contributed by atoms with E-state index in [0.29, 0.717) is 11.3 Å². The van der Waals surface area contributed by atoms with Crippen LogP contribution < -0.4 is 0 Å². The zero-order valence-corrected chi connectivity index (χ0v) is 39.6.